The third kappa shape index (κ3) is 7.70. The van der Waals surface area contributed by atoms with Crippen LogP contribution in [0.1, 0.15) is 18.1 Å². The van der Waals surface area contributed by atoms with Crippen molar-refractivity contribution in [1.29, 1.82) is 0 Å². The van der Waals surface area contributed by atoms with Crippen LogP contribution in [0.3, 0.4) is 0 Å². The van der Waals surface area contributed by atoms with Gasteiger partial charge in [-0.2, -0.15) is 0 Å². The highest BCUT2D eigenvalue weighted by Gasteiger charge is 2.34. The van der Waals surface area contributed by atoms with Crippen LogP contribution in [-0.2, 0) is 32.6 Å². The highest BCUT2D eigenvalue weighted by molar-refractivity contribution is 7.92. The molecule has 0 saturated heterocycles. The summed E-state index contributed by atoms with van der Waals surface area (Å²) in [5, 5.41) is 3.23. The molecule has 0 heterocycles. The molecule has 0 fully saturated rings. The summed E-state index contributed by atoms with van der Waals surface area (Å²) in [6, 6.07) is 30.0. The van der Waals surface area contributed by atoms with E-state index in [1.165, 1.54) is 35.2 Å². The zero-order chi connectivity index (χ0) is 30.1. The number of nitrogens with zero attached hydrogens (tertiary/aromatic N) is 2. The van der Waals surface area contributed by atoms with E-state index < -0.39 is 28.5 Å². The summed E-state index contributed by atoms with van der Waals surface area (Å²) in [6.07, 6.45) is 0.240. The van der Waals surface area contributed by atoms with E-state index in [1.54, 1.807) is 25.1 Å². The number of halogens is 2. The molecular formula is C32H31Cl2N3O4S. The van der Waals surface area contributed by atoms with Crippen molar-refractivity contribution < 1.29 is 18.0 Å². The number of likely N-dealkylation sites (N-methyl/N-ethyl adjacent to an activating group) is 1. The van der Waals surface area contributed by atoms with Crippen molar-refractivity contribution in [2.24, 2.45) is 0 Å². The van der Waals surface area contributed by atoms with Gasteiger partial charge in [0, 0.05) is 19.5 Å². The summed E-state index contributed by atoms with van der Waals surface area (Å²) in [7, 11) is -4.22. The standard InChI is InChI=1S/C32H31Cl2N3O4S/c1-2-35-32(39)30(20-24-12-6-3-7-13-24)36(22-25-14-8-4-9-15-25)31(38)23-37(26-18-19-28(33)29(34)21-26)42(40,41)27-16-10-5-11-17-27/h3-19,21,30H,2,20,22-23H2,1H3,(H,35,39)/t30-/m0/s1. The van der Waals surface area contributed by atoms with Crippen molar-refractivity contribution in [1.82, 2.24) is 10.2 Å². The van der Waals surface area contributed by atoms with Gasteiger partial charge in [-0.25, -0.2) is 8.42 Å². The van der Waals surface area contributed by atoms with E-state index in [0.29, 0.717) is 6.54 Å². The molecule has 42 heavy (non-hydrogen) atoms. The van der Waals surface area contributed by atoms with Gasteiger partial charge in [0.2, 0.25) is 11.8 Å². The number of hydrogen-bond donors (Lipinski definition) is 1. The van der Waals surface area contributed by atoms with Gasteiger partial charge in [0.1, 0.15) is 12.6 Å². The molecule has 4 rings (SSSR count). The van der Waals surface area contributed by atoms with E-state index in [1.807, 2.05) is 60.7 Å². The van der Waals surface area contributed by atoms with Gasteiger partial charge in [0.15, 0.2) is 0 Å². The molecule has 0 aromatic heterocycles. The first kappa shape index (κ1) is 31.1. The molecule has 10 heteroatoms. The third-order valence-corrected chi connectivity index (χ3v) is 9.15. The Morgan fingerprint density at radius 1 is 0.786 bits per heavy atom. The zero-order valence-corrected chi connectivity index (χ0v) is 25.3. The van der Waals surface area contributed by atoms with Gasteiger partial charge in [-0.05, 0) is 48.4 Å². The lowest BCUT2D eigenvalue weighted by molar-refractivity contribution is -0.140. The Hall–Kier alpha value is -3.85. The maximum Gasteiger partial charge on any atom is 0.264 e. The monoisotopic (exact) mass is 623 g/mol. The quantitative estimate of drug-likeness (QED) is 0.211. The minimum Gasteiger partial charge on any atom is -0.355 e. The maximum absolute atomic E-state index is 14.3. The number of sulfonamides is 1. The highest BCUT2D eigenvalue weighted by Crippen LogP contribution is 2.31. The van der Waals surface area contributed by atoms with Crippen LogP contribution in [-0.4, -0.2) is 44.3 Å². The molecular weight excluding hydrogens is 593 g/mol. The summed E-state index contributed by atoms with van der Waals surface area (Å²) in [6.45, 7) is 1.69. The zero-order valence-electron chi connectivity index (χ0n) is 23.0. The number of anilines is 1. The number of rotatable bonds is 12. The molecule has 0 unspecified atom stereocenters. The Bertz CT molecular complexity index is 1610. The molecule has 218 valence electrons. The second-order valence-corrected chi connectivity index (χ2v) is 12.2. The van der Waals surface area contributed by atoms with Gasteiger partial charge >= 0.3 is 0 Å². The molecule has 4 aromatic rings. The van der Waals surface area contributed by atoms with Crippen molar-refractivity contribution in [2.45, 2.75) is 30.8 Å². The first-order chi connectivity index (χ1) is 20.2. The molecule has 0 aliphatic heterocycles. The summed E-state index contributed by atoms with van der Waals surface area (Å²) < 4.78 is 28.9. The van der Waals surface area contributed by atoms with Crippen LogP contribution in [0.5, 0.6) is 0 Å². The fourth-order valence-electron chi connectivity index (χ4n) is 4.51. The largest absolute Gasteiger partial charge is 0.355 e. The van der Waals surface area contributed by atoms with Gasteiger partial charge in [0.05, 0.1) is 20.6 Å². The Kier molecular flexibility index (Phi) is 10.6. The topological polar surface area (TPSA) is 86.8 Å². The lowest BCUT2D eigenvalue weighted by Crippen LogP contribution is -2.53. The maximum atomic E-state index is 14.3. The van der Waals surface area contributed by atoms with Gasteiger partial charge in [0.25, 0.3) is 10.0 Å². The summed E-state index contributed by atoms with van der Waals surface area (Å²) >= 11 is 12.4. The van der Waals surface area contributed by atoms with Crippen molar-refractivity contribution in [3.8, 4) is 0 Å². The van der Waals surface area contributed by atoms with Crippen molar-refractivity contribution in [3.05, 3.63) is 130 Å². The molecule has 0 spiro atoms. The van der Waals surface area contributed by atoms with Gasteiger partial charge < -0.3 is 10.2 Å². The van der Waals surface area contributed by atoms with Crippen LogP contribution < -0.4 is 9.62 Å². The average Bonchev–Trinajstić information content (AvgIpc) is 3.00. The Morgan fingerprint density at radius 2 is 1.36 bits per heavy atom. The molecule has 7 nitrogen and oxygen atoms in total. The second-order valence-electron chi connectivity index (χ2n) is 9.53. The van der Waals surface area contributed by atoms with E-state index in [4.69, 9.17) is 23.2 Å². The predicted octanol–water partition coefficient (Wildman–Crippen LogP) is 5.96. The third-order valence-electron chi connectivity index (χ3n) is 6.62. The smallest absolute Gasteiger partial charge is 0.264 e. The fraction of sp³-hybridized carbons (Fsp3) is 0.188. The van der Waals surface area contributed by atoms with E-state index in [0.717, 1.165) is 15.4 Å². The molecule has 4 aromatic carbocycles. The summed E-state index contributed by atoms with van der Waals surface area (Å²) in [5.41, 5.74) is 1.82. The number of benzene rings is 4. The van der Waals surface area contributed by atoms with Crippen molar-refractivity contribution in [3.63, 3.8) is 0 Å². The van der Waals surface area contributed by atoms with Crippen LogP contribution in [0.2, 0.25) is 10.0 Å². The average molecular weight is 625 g/mol. The van der Waals surface area contributed by atoms with Crippen LogP contribution in [0.15, 0.2) is 114 Å². The fourth-order valence-corrected chi connectivity index (χ4v) is 6.23. The number of amides is 2. The summed E-state index contributed by atoms with van der Waals surface area (Å²) in [5.74, 6) is -0.894. The molecule has 1 N–H and O–H groups in total. The number of carbonyl (C=O) groups excluding carboxylic acids is 2. The lowest BCUT2D eigenvalue weighted by atomic mass is 10.0. The molecule has 0 saturated carbocycles. The van der Waals surface area contributed by atoms with Crippen LogP contribution in [0.4, 0.5) is 5.69 Å². The highest BCUT2D eigenvalue weighted by atomic mass is 35.5. The van der Waals surface area contributed by atoms with E-state index in [2.05, 4.69) is 5.32 Å². The van der Waals surface area contributed by atoms with Crippen LogP contribution in [0.25, 0.3) is 0 Å². The molecule has 0 radical (unpaired) electrons. The minimum absolute atomic E-state index is 0.00282. The predicted molar refractivity (Wildman–Crippen MR) is 167 cm³/mol. The summed E-state index contributed by atoms with van der Waals surface area (Å²) in [4.78, 5) is 29.2. The minimum atomic E-state index is -4.22. The van der Waals surface area contributed by atoms with Crippen LogP contribution >= 0.6 is 23.2 Å². The van der Waals surface area contributed by atoms with E-state index in [9.17, 15) is 18.0 Å². The molecule has 0 aliphatic carbocycles. The lowest BCUT2D eigenvalue weighted by Gasteiger charge is -2.34. The molecule has 0 bridgehead atoms. The van der Waals surface area contributed by atoms with Crippen LogP contribution in [0, 0.1) is 0 Å². The molecule has 1 atom stereocenters. The Balaban J connectivity index is 1.79. The van der Waals surface area contributed by atoms with Gasteiger partial charge in [-0.3, -0.25) is 13.9 Å². The first-order valence-electron chi connectivity index (χ1n) is 13.4. The van der Waals surface area contributed by atoms with Gasteiger partial charge in [-0.1, -0.05) is 102 Å². The Morgan fingerprint density at radius 3 is 1.93 bits per heavy atom. The number of hydrogen-bond acceptors (Lipinski definition) is 4. The van der Waals surface area contributed by atoms with E-state index >= 15 is 0 Å². The van der Waals surface area contributed by atoms with Crippen molar-refractivity contribution in [2.75, 3.05) is 17.4 Å². The molecule has 2 amide bonds. The second kappa shape index (κ2) is 14.4. The first-order valence-corrected chi connectivity index (χ1v) is 15.6. The Labute approximate surface area is 256 Å². The molecule has 0 aliphatic rings. The van der Waals surface area contributed by atoms with Crippen molar-refractivity contribution >= 4 is 50.7 Å². The SMILES string of the molecule is CCNC(=O)[C@H](Cc1ccccc1)N(Cc1ccccc1)C(=O)CN(c1ccc(Cl)c(Cl)c1)S(=O)(=O)c1ccccc1. The van der Waals surface area contributed by atoms with E-state index in [-0.39, 0.29) is 39.5 Å². The normalized spacial score (nSPS) is 11.9. The van der Waals surface area contributed by atoms with Gasteiger partial charge in [-0.15, -0.1) is 0 Å². The number of nitrogens with one attached hydrogen (secondary N) is 1. The number of carbonyl (C=O) groups is 2.